The number of benzene rings is 2. The van der Waals surface area contributed by atoms with E-state index in [1.807, 2.05) is 24.3 Å². The molecule has 2 aromatic carbocycles. The van der Waals surface area contributed by atoms with E-state index in [0.29, 0.717) is 0 Å². The van der Waals surface area contributed by atoms with Gasteiger partial charge in [0.25, 0.3) is 0 Å². The molecule has 0 spiro atoms. The van der Waals surface area contributed by atoms with Crippen LogP contribution < -0.4 is 0 Å². The van der Waals surface area contributed by atoms with Crippen LogP contribution in [-0.2, 0) is 12.8 Å². The van der Waals surface area contributed by atoms with Gasteiger partial charge in [0.2, 0.25) is 0 Å². The van der Waals surface area contributed by atoms with E-state index in [1.165, 1.54) is 17.7 Å². The number of carboxylic acids is 1. The Hall–Kier alpha value is -2.52. The number of hydrogen-bond donors (Lipinski definition) is 1. The van der Waals surface area contributed by atoms with Crippen LogP contribution in [0.1, 0.15) is 34.5 Å². The van der Waals surface area contributed by atoms with Crippen molar-refractivity contribution in [1.29, 1.82) is 0 Å². The Morgan fingerprint density at radius 3 is 2.52 bits per heavy atom. The van der Waals surface area contributed by atoms with Crippen LogP contribution in [0.5, 0.6) is 0 Å². The maximum absolute atomic E-state index is 11.5. The highest BCUT2D eigenvalue weighted by molar-refractivity contribution is 6.33. The number of hydrogen-bond acceptors (Lipinski definition) is 1. The van der Waals surface area contributed by atoms with E-state index in [4.69, 9.17) is 11.6 Å². The van der Waals surface area contributed by atoms with Crippen LogP contribution in [0.3, 0.4) is 0 Å². The van der Waals surface area contributed by atoms with E-state index in [1.54, 1.807) is 12.1 Å². The summed E-state index contributed by atoms with van der Waals surface area (Å²) in [5.74, 6) is -1.01. The summed E-state index contributed by atoms with van der Waals surface area (Å²) in [6.07, 6.45) is 4.44. The van der Waals surface area contributed by atoms with Crippen LogP contribution in [0, 0.1) is 0 Å². The van der Waals surface area contributed by atoms with Crippen molar-refractivity contribution < 1.29 is 9.90 Å². The number of halogens is 1. The molecule has 126 valence electrons. The highest BCUT2D eigenvalue weighted by Gasteiger charge is 2.21. The van der Waals surface area contributed by atoms with Crippen LogP contribution >= 0.6 is 11.6 Å². The van der Waals surface area contributed by atoms with Gasteiger partial charge in [0.1, 0.15) is 0 Å². The Bertz CT molecular complexity index is 944. The van der Waals surface area contributed by atoms with Crippen molar-refractivity contribution in [2.24, 2.45) is 0 Å². The molecule has 0 fully saturated rings. The number of nitrogens with zero attached hydrogens (tertiary/aromatic N) is 1. The molecule has 25 heavy (non-hydrogen) atoms. The number of fused-ring (bicyclic) bond motifs is 1. The highest BCUT2D eigenvalue weighted by Crippen LogP contribution is 2.34. The Labute approximate surface area is 151 Å². The van der Waals surface area contributed by atoms with Crippen molar-refractivity contribution in [3.8, 4) is 16.9 Å². The van der Waals surface area contributed by atoms with Gasteiger partial charge in [-0.2, -0.15) is 0 Å². The zero-order chi connectivity index (χ0) is 17.4. The third-order valence-electron chi connectivity index (χ3n) is 4.81. The molecule has 4 rings (SSSR count). The summed E-state index contributed by atoms with van der Waals surface area (Å²) in [4.78, 5) is 11.5. The lowest BCUT2D eigenvalue weighted by Gasteiger charge is -2.18. The average Bonchev–Trinajstić information content (AvgIpc) is 3.02. The maximum atomic E-state index is 11.5. The quantitative estimate of drug-likeness (QED) is 0.688. The monoisotopic (exact) mass is 351 g/mol. The predicted octanol–water partition coefficient (Wildman–Crippen LogP) is 5.37. The Morgan fingerprint density at radius 2 is 1.76 bits per heavy atom. The maximum Gasteiger partial charge on any atom is 0.337 e. The molecule has 1 aliphatic carbocycles. The van der Waals surface area contributed by atoms with Crippen LogP contribution in [0.2, 0.25) is 5.02 Å². The predicted molar refractivity (Wildman–Crippen MR) is 99.8 cm³/mol. The number of aryl methyl sites for hydroxylation is 1. The summed E-state index contributed by atoms with van der Waals surface area (Å²) < 4.78 is 2.20. The first kappa shape index (κ1) is 16.0. The van der Waals surface area contributed by atoms with Crippen LogP contribution in [0.4, 0.5) is 0 Å². The Balaban J connectivity index is 1.96. The summed E-state index contributed by atoms with van der Waals surface area (Å²) >= 11 is 6.06. The van der Waals surface area contributed by atoms with Gasteiger partial charge >= 0.3 is 5.97 Å². The molecule has 3 nitrogen and oxygen atoms in total. The van der Waals surface area contributed by atoms with E-state index in [0.717, 1.165) is 36.2 Å². The van der Waals surface area contributed by atoms with Gasteiger partial charge < -0.3 is 9.67 Å². The fourth-order valence-corrected chi connectivity index (χ4v) is 3.83. The summed E-state index contributed by atoms with van der Waals surface area (Å²) in [6.45, 7) is 0. The van der Waals surface area contributed by atoms with Crippen LogP contribution in [-0.4, -0.2) is 15.6 Å². The second-order valence-corrected chi connectivity index (χ2v) is 6.79. The van der Waals surface area contributed by atoms with Crippen molar-refractivity contribution in [2.45, 2.75) is 25.7 Å². The molecule has 0 atom stereocenters. The SMILES string of the molecule is O=C(O)c1cc(-n2c(-c3ccccc3)cc3c2CCCC3)ccc1Cl. The fraction of sp³-hybridized carbons (Fsp3) is 0.190. The van der Waals surface area contributed by atoms with Crippen molar-refractivity contribution in [3.63, 3.8) is 0 Å². The lowest BCUT2D eigenvalue weighted by atomic mass is 9.98. The summed E-state index contributed by atoms with van der Waals surface area (Å²) in [7, 11) is 0. The molecule has 0 saturated carbocycles. The molecule has 1 N–H and O–H groups in total. The van der Waals surface area contributed by atoms with Gasteiger partial charge in [-0.15, -0.1) is 0 Å². The number of carboxylic acid groups (broad SMARTS) is 1. The molecule has 0 saturated heterocycles. The van der Waals surface area contributed by atoms with Gasteiger partial charge in [-0.05, 0) is 61.1 Å². The molecule has 3 aromatic rings. The minimum atomic E-state index is -1.01. The molecule has 0 unspecified atom stereocenters. The number of rotatable bonds is 3. The third-order valence-corrected chi connectivity index (χ3v) is 5.14. The molecule has 0 bridgehead atoms. The molecule has 0 radical (unpaired) electrons. The minimum absolute atomic E-state index is 0.136. The van der Waals surface area contributed by atoms with Gasteiger partial charge in [0.05, 0.1) is 16.3 Å². The zero-order valence-electron chi connectivity index (χ0n) is 13.7. The standard InChI is InChI=1S/C21H18ClNO2/c22-18-11-10-16(13-17(18)21(24)25)23-19-9-5-4-8-15(19)12-20(23)14-6-2-1-3-7-14/h1-3,6-7,10-13H,4-5,8-9H2,(H,24,25). The van der Waals surface area contributed by atoms with Crippen molar-refractivity contribution in [3.05, 3.63) is 76.4 Å². The molecule has 1 heterocycles. The second kappa shape index (κ2) is 6.41. The van der Waals surface area contributed by atoms with E-state index >= 15 is 0 Å². The summed E-state index contributed by atoms with van der Waals surface area (Å²) in [5, 5.41) is 9.68. The second-order valence-electron chi connectivity index (χ2n) is 6.38. The third kappa shape index (κ3) is 2.85. The molecule has 4 heteroatoms. The smallest absolute Gasteiger partial charge is 0.337 e. The highest BCUT2D eigenvalue weighted by atomic mass is 35.5. The van der Waals surface area contributed by atoms with E-state index in [9.17, 15) is 9.90 Å². The number of aromatic nitrogens is 1. The summed E-state index contributed by atoms with van der Waals surface area (Å²) in [5.41, 5.74) is 5.86. The molecule has 0 aliphatic heterocycles. The molecule has 1 aliphatic rings. The molecule has 0 amide bonds. The fourth-order valence-electron chi connectivity index (χ4n) is 3.63. The summed E-state index contributed by atoms with van der Waals surface area (Å²) in [6, 6.07) is 17.7. The first-order valence-electron chi connectivity index (χ1n) is 8.47. The number of carbonyl (C=O) groups is 1. The van der Waals surface area contributed by atoms with Crippen molar-refractivity contribution in [1.82, 2.24) is 4.57 Å². The number of aromatic carboxylic acids is 1. The van der Waals surface area contributed by atoms with E-state index in [2.05, 4.69) is 22.8 Å². The lowest BCUT2D eigenvalue weighted by Crippen LogP contribution is -2.09. The first-order chi connectivity index (χ1) is 12.1. The topological polar surface area (TPSA) is 42.2 Å². The van der Waals surface area contributed by atoms with Crippen molar-refractivity contribution >= 4 is 17.6 Å². The molecular weight excluding hydrogens is 334 g/mol. The van der Waals surface area contributed by atoms with E-state index in [-0.39, 0.29) is 10.6 Å². The van der Waals surface area contributed by atoms with Gasteiger partial charge in [0.15, 0.2) is 0 Å². The minimum Gasteiger partial charge on any atom is -0.478 e. The Morgan fingerprint density at radius 1 is 1.00 bits per heavy atom. The van der Waals surface area contributed by atoms with Crippen molar-refractivity contribution in [2.75, 3.05) is 0 Å². The normalized spacial score (nSPS) is 13.5. The largest absolute Gasteiger partial charge is 0.478 e. The lowest BCUT2D eigenvalue weighted by molar-refractivity contribution is 0.0697. The zero-order valence-corrected chi connectivity index (χ0v) is 14.5. The first-order valence-corrected chi connectivity index (χ1v) is 8.85. The van der Waals surface area contributed by atoms with E-state index < -0.39 is 5.97 Å². The van der Waals surface area contributed by atoms with Crippen LogP contribution in [0.25, 0.3) is 16.9 Å². The van der Waals surface area contributed by atoms with Gasteiger partial charge in [0, 0.05) is 11.4 Å². The van der Waals surface area contributed by atoms with Gasteiger partial charge in [-0.3, -0.25) is 0 Å². The van der Waals surface area contributed by atoms with Gasteiger partial charge in [-0.1, -0.05) is 41.9 Å². The van der Waals surface area contributed by atoms with Gasteiger partial charge in [-0.25, -0.2) is 4.79 Å². The molecular formula is C21H18ClNO2. The molecule has 1 aromatic heterocycles. The Kier molecular flexibility index (Phi) is 4.10. The van der Waals surface area contributed by atoms with Crippen LogP contribution in [0.15, 0.2) is 54.6 Å². The average molecular weight is 352 g/mol.